The van der Waals surface area contributed by atoms with Gasteiger partial charge in [0.05, 0.1) is 17.2 Å². The molecule has 1 aromatic carbocycles. The van der Waals surface area contributed by atoms with Crippen molar-refractivity contribution in [2.45, 2.75) is 12.3 Å². The standard InChI is InChI=1S/C17H16FN3O2S2/c1-21(9-15-19-17(20-23-15)14-7-4-8-25-14)16(22)11-24-10-12-5-2-3-6-13(12)18/h2-8H,9-11H2,1H3. The summed E-state index contributed by atoms with van der Waals surface area (Å²) >= 11 is 2.90. The Morgan fingerprint density at radius 1 is 1.32 bits per heavy atom. The number of aromatic nitrogens is 2. The fourth-order valence-electron chi connectivity index (χ4n) is 2.09. The maximum absolute atomic E-state index is 13.5. The van der Waals surface area contributed by atoms with E-state index in [1.54, 1.807) is 25.2 Å². The molecular formula is C17H16FN3O2S2. The first-order valence-electron chi connectivity index (χ1n) is 7.55. The van der Waals surface area contributed by atoms with Crippen LogP contribution in [-0.4, -0.2) is 33.7 Å². The van der Waals surface area contributed by atoms with Crippen LogP contribution in [0.2, 0.25) is 0 Å². The molecule has 25 heavy (non-hydrogen) atoms. The predicted octanol–water partition coefficient (Wildman–Crippen LogP) is 3.83. The summed E-state index contributed by atoms with van der Waals surface area (Å²) in [5.74, 6) is 1.31. The van der Waals surface area contributed by atoms with E-state index in [2.05, 4.69) is 10.1 Å². The summed E-state index contributed by atoms with van der Waals surface area (Å²) in [6.07, 6.45) is 0. The molecule has 2 heterocycles. The third-order valence-corrected chi connectivity index (χ3v) is 5.28. The first-order valence-corrected chi connectivity index (χ1v) is 9.58. The number of carbonyl (C=O) groups excluding carboxylic acids is 1. The number of hydrogen-bond acceptors (Lipinski definition) is 6. The molecule has 0 spiro atoms. The topological polar surface area (TPSA) is 59.2 Å². The molecule has 0 aliphatic heterocycles. The Hall–Kier alpha value is -2.19. The average molecular weight is 377 g/mol. The van der Waals surface area contributed by atoms with E-state index < -0.39 is 0 Å². The van der Waals surface area contributed by atoms with E-state index in [0.29, 0.717) is 23.0 Å². The van der Waals surface area contributed by atoms with Gasteiger partial charge in [0.1, 0.15) is 5.82 Å². The van der Waals surface area contributed by atoms with Gasteiger partial charge in [-0.3, -0.25) is 4.79 Å². The van der Waals surface area contributed by atoms with Crippen molar-refractivity contribution in [2.75, 3.05) is 12.8 Å². The second kappa shape index (κ2) is 8.26. The molecule has 0 bridgehead atoms. The Kier molecular flexibility index (Phi) is 5.83. The smallest absolute Gasteiger partial charge is 0.246 e. The minimum Gasteiger partial charge on any atom is -0.337 e. The normalized spacial score (nSPS) is 10.8. The largest absolute Gasteiger partial charge is 0.337 e. The molecule has 0 radical (unpaired) electrons. The Bertz CT molecular complexity index is 836. The molecule has 2 aromatic heterocycles. The fourth-order valence-corrected chi connectivity index (χ4v) is 3.69. The number of thioether (sulfide) groups is 1. The number of nitrogens with zero attached hydrogens (tertiary/aromatic N) is 3. The second-order valence-electron chi connectivity index (χ2n) is 5.32. The van der Waals surface area contributed by atoms with Crippen LogP contribution in [0.1, 0.15) is 11.5 Å². The lowest BCUT2D eigenvalue weighted by molar-refractivity contribution is -0.127. The summed E-state index contributed by atoms with van der Waals surface area (Å²) in [5, 5.41) is 5.86. The molecule has 0 atom stereocenters. The monoisotopic (exact) mass is 377 g/mol. The molecule has 3 aromatic rings. The van der Waals surface area contributed by atoms with Crippen LogP contribution in [0.5, 0.6) is 0 Å². The molecule has 0 fully saturated rings. The molecule has 8 heteroatoms. The van der Waals surface area contributed by atoms with Gasteiger partial charge in [-0.05, 0) is 23.1 Å². The van der Waals surface area contributed by atoms with Gasteiger partial charge in [-0.1, -0.05) is 29.4 Å². The highest BCUT2D eigenvalue weighted by Crippen LogP contribution is 2.21. The lowest BCUT2D eigenvalue weighted by atomic mass is 10.2. The lowest BCUT2D eigenvalue weighted by Gasteiger charge is -2.14. The highest BCUT2D eigenvalue weighted by atomic mass is 32.2. The Balaban J connectivity index is 1.48. The number of hydrogen-bond donors (Lipinski definition) is 0. The van der Waals surface area contributed by atoms with Crippen LogP contribution < -0.4 is 0 Å². The molecule has 0 unspecified atom stereocenters. The maximum atomic E-state index is 13.5. The van der Waals surface area contributed by atoms with Crippen LogP contribution in [0.4, 0.5) is 4.39 Å². The summed E-state index contributed by atoms with van der Waals surface area (Å²) < 4.78 is 18.7. The predicted molar refractivity (Wildman–Crippen MR) is 96.6 cm³/mol. The first kappa shape index (κ1) is 17.6. The minimum absolute atomic E-state index is 0.0720. The minimum atomic E-state index is -0.247. The molecule has 0 N–H and O–H groups in total. The summed E-state index contributed by atoms with van der Waals surface area (Å²) in [4.78, 5) is 18.9. The van der Waals surface area contributed by atoms with Crippen molar-refractivity contribution in [3.05, 3.63) is 59.0 Å². The summed E-state index contributed by atoms with van der Waals surface area (Å²) in [6.45, 7) is 0.247. The number of amides is 1. The van der Waals surface area contributed by atoms with Gasteiger partial charge in [-0.25, -0.2) is 4.39 Å². The highest BCUT2D eigenvalue weighted by molar-refractivity contribution is 7.99. The van der Waals surface area contributed by atoms with E-state index in [-0.39, 0.29) is 24.0 Å². The molecule has 1 amide bonds. The SMILES string of the molecule is CN(Cc1nc(-c2cccs2)no1)C(=O)CSCc1ccccc1F. The summed E-state index contributed by atoms with van der Waals surface area (Å²) in [6, 6.07) is 10.4. The molecule has 130 valence electrons. The van der Waals surface area contributed by atoms with Crippen LogP contribution in [-0.2, 0) is 17.1 Å². The molecule has 5 nitrogen and oxygen atoms in total. The summed E-state index contributed by atoms with van der Waals surface area (Å²) in [5.41, 5.74) is 0.598. The van der Waals surface area contributed by atoms with Crippen molar-refractivity contribution in [1.82, 2.24) is 15.0 Å². The van der Waals surface area contributed by atoms with Crippen LogP contribution in [0.25, 0.3) is 10.7 Å². The number of carbonyl (C=O) groups is 1. The van der Waals surface area contributed by atoms with E-state index in [9.17, 15) is 9.18 Å². The molecule has 3 rings (SSSR count). The van der Waals surface area contributed by atoms with E-state index in [1.165, 1.54) is 34.1 Å². The third-order valence-electron chi connectivity index (χ3n) is 3.45. The Morgan fingerprint density at radius 3 is 2.92 bits per heavy atom. The van der Waals surface area contributed by atoms with Crippen LogP contribution in [0.15, 0.2) is 46.3 Å². The van der Waals surface area contributed by atoms with Gasteiger partial charge in [-0.15, -0.1) is 23.1 Å². The zero-order chi connectivity index (χ0) is 17.6. The van der Waals surface area contributed by atoms with Crippen molar-refractivity contribution in [3.8, 4) is 10.7 Å². The van der Waals surface area contributed by atoms with Crippen LogP contribution >= 0.6 is 23.1 Å². The van der Waals surface area contributed by atoms with E-state index in [1.807, 2.05) is 17.5 Å². The second-order valence-corrected chi connectivity index (χ2v) is 7.26. The quantitative estimate of drug-likeness (QED) is 0.626. The number of rotatable bonds is 7. The van der Waals surface area contributed by atoms with Crippen molar-refractivity contribution >= 4 is 29.0 Å². The molecular weight excluding hydrogens is 361 g/mol. The van der Waals surface area contributed by atoms with Gasteiger partial charge >= 0.3 is 0 Å². The van der Waals surface area contributed by atoms with Crippen molar-refractivity contribution < 1.29 is 13.7 Å². The zero-order valence-electron chi connectivity index (χ0n) is 13.5. The molecule has 0 aliphatic rings. The van der Waals surface area contributed by atoms with Gasteiger partial charge in [0.15, 0.2) is 0 Å². The Morgan fingerprint density at radius 2 is 2.16 bits per heavy atom. The fraction of sp³-hybridized carbons (Fsp3) is 0.235. The van der Waals surface area contributed by atoms with Crippen molar-refractivity contribution in [3.63, 3.8) is 0 Å². The van der Waals surface area contributed by atoms with Crippen molar-refractivity contribution in [2.24, 2.45) is 0 Å². The zero-order valence-corrected chi connectivity index (χ0v) is 15.1. The summed E-state index contributed by atoms with van der Waals surface area (Å²) in [7, 11) is 1.68. The van der Waals surface area contributed by atoms with E-state index >= 15 is 0 Å². The van der Waals surface area contributed by atoms with Gasteiger partial charge in [0, 0.05) is 12.8 Å². The van der Waals surface area contributed by atoms with Gasteiger partial charge in [0.25, 0.3) is 0 Å². The lowest BCUT2D eigenvalue weighted by Crippen LogP contribution is -2.28. The Labute approximate surface area is 152 Å². The third kappa shape index (κ3) is 4.67. The molecule has 0 aliphatic carbocycles. The maximum Gasteiger partial charge on any atom is 0.246 e. The van der Waals surface area contributed by atoms with E-state index in [4.69, 9.17) is 4.52 Å². The van der Waals surface area contributed by atoms with E-state index in [0.717, 1.165) is 4.88 Å². The first-order chi connectivity index (χ1) is 12.1. The van der Waals surface area contributed by atoms with Gasteiger partial charge < -0.3 is 9.42 Å². The molecule has 0 saturated carbocycles. The number of benzene rings is 1. The number of halogens is 1. The van der Waals surface area contributed by atoms with Gasteiger partial charge in [0.2, 0.25) is 17.6 Å². The average Bonchev–Trinajstić information content (AvgIpc) is 3.27. The van der Waals surface area contributed by atoms with Crippen LogP contribution in [0.3, 0.4) is 0 Å². The number of thiophene rings is 1. The van der Waals surface area contributed by atoms with Crippen LogP contribution in [0, 0.1) is 5.82 Å². The van der Waals surface area contributed by atoms with Crippen molar-refractivity contribution in [1.29, 1.82) is 0 Å². The molecule has 0 saturated heterocycles. The highest BCUT2D eigenvalue weighted by Gasteiger charge is 2.15. The van der Waals surface area contributed by atoms with Gasteiger partial charge in [-0.2, -0.15) is 4.98 Å².